The molecule has 4 rings (SSSR count). The lowest BCUT2D eigenvalue weighted by atomic mass is 9.96. The summed E-state index contributed by atoms with van der Waals surface area (Å²) < 4.78 is 10.6. The van der Waals surface area contributed by atoms with Gasteiger partial charge in [-0.3, -0.25) is 14.6 Å². The number of nitrogens with zero attached hydrogens (tertiary/aromatic N) is 3. The van der Waals surface area contributed by atoms with Crippen LogP contribution in [0.3, 0.4) is 0 Å². The zero-order valence-electron chi connectivity index (χ0n) is 18.2. The van der Waals surface area contributed by atoms with Crippen LogP contribution in [0.25, 0.3) is 11.3 Å². The number of amides is 1. The first-order valence-corrected chi connectivity index (χ1v) is 10.6. The number of likely N-dealkylation sites (tertiary alicyclic amines) is 1. The number of piperidine rings is 1. The Morgan fingerprint density at radius 3 is 2.66 bits per heavy atom. The normalized spacial score (nSPS) is 15.9. The molecule has 1 aliphatic rings. The maximum atomic E-state index is 13.0. The third-order valence-corrected chi connectivity index (χ3v) is 5.70. The number of aromatic amines is 1. The first-order valence-electron chi connectivity index (χ1n) is 10.6. The van der Waals surface area contributed by atoms with E-state index >= 15 is 0 Å². The molecule has 1 aromatic carbocycles. The van der Waals surface area contributed by atoms with Crippen LogP contribution < -0.4 is 15.0 Å². The van der Waals surface area contributed by atoms with E-state index in [1.165, 1.54) is 6.07 Å². The number of carbonyl (C=O) groups is 1. The molecule has 166 valence electrons. The van der Waals surface area contributed by atoms with E-state index in [-0.39, 0.29) is 23.8 Å². The number of H-pyrrole nitrogens is 1. The summed E-state index contributed by atoms with van der Waals surface area (Å²) in [4.78, 5) is 38.7. The summed E-state index contributed by atoms with van der Waals surface area (Å²) in [6.07, 6.45) is 5.34. The Hall–Kier alpha value is -3.68. The van der Waals surface area contributed by atoms with Gasteiger partial charge in [0.05, 0.1) is 26.3 Å². The highest BCUT2D eigenvalue weighted by atomic mass is 16.5. The average molecular weight is 434 g/mol. The predicted molar refractivity (Wildman–Crippen MR) is 120 cm³/mol. The summed E-state index contributed by atoms with van der Waals surface area (Å²) in [6, 6.07) is 10.6. The van der Waals surface area contributed by atoms with E-state index in [0.717, 1.165) is 24.0 Å². The van der Waals surface area contributed by atoms with Crippen molar-refractivity contribution in [3.63, 3.8) is 0 Å². The van der Waals surface area contributed by atoms with Gasteiger partial charge in [-0.05, 0) is 42.7 Å². The topological polar surface area (TPSA) is 97.4 Å². The standard InChI is InChI=1S/C24H26N4O4/c1-31-20-6-5-16(12-21(20)32-2)13-23(30)28-11-3-4-18(15-28)24-26-19(14-22(29)27-24)17-7-9-25-10-8-17/h5-10,12,14,18H,3-4,11,13,15H2,1-2H3,(H,26,27,29)/t18-/m1/s1. The van der Waals surface area contributed by atoms with Gasteiger partial charge in [0, 0.05) is 43.0 Å². The molecule has 0 saturated carbocycles. The van der Waals surface area contributed by atoms with Crippen LogP contribution in [-0.4, -0.2) is 53.1 Å². The second kappa shape index (κ2) is 9.64. The first-order chi connectivity index (χ1) is 15.6. The van der Waals surface area contributed by atoms with Crippen molar-refractivity contribution in [2.45, 2.75) is 25.2 Å². The fraction of sp³-hybridized carbons (Fsp3) is 0.333. The molecule has 1 fully saturated rings. The van der Waals surface area contributed by atoms with E-state index in [0.29, 0.717) is 36.1 Å². The quantitative estimate of drug-likeness (QED) is 0.641. The second-order valence-corrected chi connectivity index (χ2v) is 7.80. The Labute approximate surface area is 186 Å². The van der Waals surface area contributed by atoms with Crippen LogP contribution >= 0.6 is 0 Å². The molecule has 0 aliphatic carbocycles. The molecule has 0 bridgehead atoms. The van der Waals surface area contributed by atoms with E-state index in [2.05, 4.69) is 9.97 Å². The van der Waals surface area contributed by atoms with Gasteiger partial charge in [0.1, 0.15) is 5.82 Å². The number of carbonyl (C=O) groups excluding carboxylic acids is 1. The SMILES string of the molecule is COc1ccc(CC(=O)N2CCC[C@@H](c3nc(-c4ccncc4)cc(=O)[nH]3)C2)cc1OC. The van der Waals surface area contributed by atoms with Crippen LogP contribution in [0.15, 0.2) is 53.6 Å². The molecule has 1 atom stereocenters. The lowest BCUT2D eigenvalue weighted by Crippen LogP contribution is -2.40. The maximum absolute atomic E-state index is 13.0. The number of pyridine rings is 1. The van der Waals surface area contributed by atoms with Gasteiger partial charge in [0.25, 0.3) is 5.56 Å². The molecule has 0 unspecified atom stereocenters. The Morgan fingerprint density at radius 1 is 1.12 bits per heavy atom. The van der Waals surface area contributed by atoms with Crippen molar-refractivity contribution in [2.24, 2.45) is 0 Å². The minimum atomic E-state index is -0.199. The molecule has 8 nitrogen and oxygen atoms in total. The summed E-state index contributed by atoms with van der Waals surface area (Å²) in [5, 5.41) is 0. The van der Waals surface area contributed by atoms with E-state index in [1.807, 2.05) is 29.2 Å². The van der Waals surface area contributed by atoms with Crippen LogP contribution in [0.5, 0.6) is 11.5 Å². The van der Waals surface area contributed by atoms with Gasteiger partial charge < -0.3 is 19.4 Å². The molecule has 1 N–H and O–H groups in total. The molecule has 2 aromatic heterocycles. The predicted octanol–water partition coefficient (Wildman–Crippen LogP) is 2.80. The summed E-state index contributed by atoms with van der Waals surface area (Å²) >= 11 is 0. The number of rotatable bonds is 6. The third-order valence-electron chi connectivity index (χ3n) is 5.70. The summed E-state index contributed by atoms with van der Waals surface area (Å²) in [5.74, 6) is 1.87. The van der Waals surface area contributed by atoms with Crippen LogP contribution in [0.4, 0.5) is 0 Å². The minimum Gasteiger partial charge on any atom is -0.493 e. The van der Waals surface area contributed by atoms with Gasteiger partial charge >= 0.3 is 0 Å². The fourth-order valence-corrected chi connectivity index (χ4v) is 4.04. The number of aromatic nitrogens is 3. The molecule has 3 heterocycles. The van der Waals surface area contributed by atoms with Crippen molar-refractivity contribution in [3.8, 4) is 22.8 Å². The molecule has 0 spiro atoms. The monoisotopic (exact) mass is 434 g/mol. The summed E-state index contributed by atoms with van der Waals surface area (Å²) in [6.45, 7) is 1.21. The van der Waals surface area contributed by atoms with Gasteiger partial charge in [-0.15, -0.1) is 0 Å². The Morgan fingerprint density at radius 2 is 1.91 bits per heavy atom. The highest BCUT2D eigenvalue weighted by Crippen LogP contribution is 2.29. The van der Waals surface area contributed by atoms with E-state index < -0.39 is 0 Å². The molecule has 1 aliphatic heterocycles. The van der Waals surface area contributed by atoms with Crippen LogP contribution in [0.1, 0.15) is 30.1 Å². The lowest BCUT2D eigenvalue weighted by molar-refractivity contribution is -0.131. The number of methoxy groups -OCH3 is 2. The van der Waals surface area contributed by atoms with Crippen molar-refractivity contribution in [3.05, 3.63) is 70.5 Å². The van der Waals surface area contributed by atoms with Crippen molar-refractivity contribution >= 4 is 5.91 Å². The molecular weight excluding hydrogens is 408 g/mol. The Bertz CT molecular complexity index is 1150. The zero-order valence-corrected chi connectivity index (χ0v) is 18.2. The van der Waals surface area contributed by atoms with Crippen molar-refractivity contribution < 1.29 is 14.3 Å². The van der Waals surface area contributed by atoms with Crippen molar-refractivity contribution in [1.82, 2.24) is 19.9 Å². The molecule has 3 aromatic rings. The van der Waals surface area contributed by atoms with E-state index in [4.69, 9.17) is 14.5 Å². The van der Waals surface area contributed by atoms with Gasteiger partial charge in [-0.25, -0.2) is 4.98 Å². The van der Waals surface area contributed by atoms with Crippen molar-refractivity contribution in [2.75, 3.05) is 27.3 Å². The smallest absolute Gasteiger partial charge is 0.251 e. The molecule has 8 heteroatoms. The lowest BCUT2D eigenvalue weighted by Gasteiger charge is -2.32. The van der Waals surface area contributed by atoms with Gasteiger partial charge in [-0.1, -0.05) is 6.07 Å². The van der Waals surface area contributed by atoms with Crippen LogP contribution in [0.2, 0.25) is 0 Å². The molecule has 0 radical (unpaired) electrons. The number of benzene rings is 1. The second-order valence-electron chi connectivity index (χ2n) is 7.80. The zero-order chi connectivity index (χ0) is 22.5. The number of ether oxygens (including phenoxy) is 2. The third kappa shape index (κ3) is 4.80. The summed E-state index contributed by atoms with van der Waals surface area (Å²) in [5.41, 5.74) is 2.11. The Balaban J connectivity index is 1.50. The van der Waals surface area contributed by atoms with Gasteiger partial charge in [0.2, 0.25) is 5.91 Å². The fourth-order valence-electron chi connectivity index (χ4n) is 4.04. The number of nitrogens with one attached hydrogen (secondary N) is 1. The van der Waals surface area contributed by atoms with Crippen molar-refractivity contribution in [1.29, 1.82) is 0 Å². The highest BCUT2D eigenvalue weighted by molar-refractivity contribution is 5.79. The van der Waals surface area contributed by atoms with Gasteiger partial charge in [0.15, 0.2) is 11.5 Å². The molecule has 1 amide bonds. The molecule has 1 saturated heterocycles. The average Bonchev–Trinajstić information content (AvgIpc) is 2.84. The van der Waals surface area contributed by atoms with Gasteiger partial charge in [-0.2, -0.15) is 0 Å². The maximum Gasteiger partial charge on any atom is 0.251 e. The highest BCUT2D eigenvalue weighted by Gasteiger charge is 2.27. The van der Waals surface area contributed by atoms with Crippen LogP contribution in [0, 0.1) is 0 Å². The number of hydrogen-bond donors (Lipinski definition) is 1. The summed E-state index contributed by atoms with van der Waals surface area (Å²) in [7, 11) is 3.16. The number of hydrogen-bond acceptors (Lipinski definition) is 6. The molecular formula is C24H26N4O4. The molecule has 32 heavy (non-hydrogen) atoms. The minimum absolute atomic E-state index is 0.0207. The Kier molecular flexibility index (Phi) is 6.49. The van der Waals surface area contributed by atoms with E-state index in [1.54, 1.807) is 32.7 Å². The van der Waals surface area contributed by atoms with E-state index in [9.17, 15) is 9.59 Å². The van der Waals surface area contributed by atoms with Crippen LogP contribution in [-0.2, 0) is 11.2 Å². The first kappa shape index (κ1) is 21.5. The largest absolute Gasteiger partial charge is 0.493 e.